The Kier molecular flexibility index (Phi) is 26.4. The van der Waals surface area contributed by atoms with E-state index in [-0.39, 0.29) is 37.9 Å². The molecule has 7 atom stereocenters. The number of benzene rings is 2. The first kappa shape index (κ1) is 64.3. The van der Waals surface area contributed by atoms with E-state index in [4.69, 9.17) is 10.8 Å². The smallest absolute Gasteiger partial charge is 0.327 e. The lowest BCUT2D eigenvalue weighted by molar-refractivity contribution is -0.143. The molecule has 0 saturated heterocycles. The quantitative estimate of drug-likeness (QED) is 0.0385. The van der Waals surface area contributed by atoms with E-state index in [9.17, 15) is 78.0 Å². The number of hydrogen-bond donors (Lipinski definition) is 15. The number of amides is 8. The minimum Gasteiger partial charge on any atom is -0.481 e. The minimum atomic E-state index is -1.75. The van der Waals surface area contributed by atoms with Gasteiger partial charge in [0.15, 0.2) is 0 Å². The van der Waals surface area contributed by atoms with Gasteiger partial charge in [-0.1, -0.05) is 74.5 Å². The standard InChI is InChI=1S/C49H69N9O17S/c1-48(2,19-20-49(3,4)58-36(59)17-15-30(44(69)70)56-47(75)57-31(45(71)72)16-18-38(61)62)24-37(60)52-33(22-28-13-9-6-10-14-28)42(67)54-32(21-27-11-7-5-8-12-27)41(66)51-25-29(50)40(65)53-34(23-39(63)64)43(68)55-35(26-76)46(73)74/h5-14,29-35,76H,15-26,50H2,1-4H3,(H,51,66)(H,52,60)(H,53,65)(H,54,67)(H,55,68)(H,58,59)(H,61,62)(H,63,64)(H,69,70)(H,71,72)(H,73,74)(H2,56,57,75)/t29-,30-,31-,32-,33-,34-,35-/m0/s1. The maximum Gasteiger partial charge on any atom is 0.327 e. The highest BCUT2D eigenvalue weighted by molar-refractivity contribution is 7.80. The molecule has 0 aliphatic carbocycles. The third-order valence-electron chi connectivity index (χ3n) is 11.5. The van der Waals surface area contributed by atoms with E-state index < -0.39 is 150 Å². The number of nitrogens with one attached hydrogen (secondary N) is 8. The lowest BCUT2D eigenvalue weighted by Gasteiger charge is -2.32. The second-order valence-corrected chi connectivity index (χ2v) is 19.7. The first-order valence-corrected chi connectivity index (χ1v) is 24.6. The van der Waals surface area contributed by atoms with E-state index in [0.29, 0.717) is 24.0 Å². The van der Waals surface area contributed by atoms with Crippen molar-refractivity contribution in [2.45, 2.75) is 140 Å². The largest absolute Gasteiger partial charge is 0.481 e. The molecule has 8 amide bonds. The van der Waals surface area contributed by atoms with Crippen molar-refractivity contribution in [3.05, 3.63) is 71.8 Å². The number of carbonyl (C=O) groups is 12. The zero-order chi connectivity index (χ0) is 57.3. The Bertz CT molecular complexity index is 2380. The van der Waals surface area contributed by atoms with Crippen molar-refractivity contribution in [1.29, 1.82) is 0 Å². The van der Waals surface area contributed by atoms with E-state index in [0.717, 1.165) is 0 Å². The van der Waals surface area contributed by atoms with Gasteiger partial charge in [-0.2, -0.15) is 12.6 Å². The molecule has 0 radical (unpaired) electrons. The fourth-order valence-electron chi connectivity index (χ4n) is 7.28. The second kappa shape index (κ2) is 31.2. The van der Waals surface area contributed by atoms with Crippen LogP contribution >= 0.6 is 12.6 Å². The number of nitrogens with two attached hydrogens (primary N) is 1. The summed E-state index contributed by atoms with van der Waals surface area (Å²) < 4.78 is 0. The molecule has 0 bridgehead atoms. The van der Waals surface area contributed by atoms with Crippen molar-refractivity contribution >= 4 is 83.9 Å². The van der Waals surface area contributed by atoms with Crippen molar-refractivity contribution in [2.24, 2.45) is 11.1 Å². The Labute approximate surface area is 443 Å². The van der Waals surface area contributed by atoms with Crippen LogP contribution in [-0.4, -0.2) is 157 Å². The number of thiol groups is 1. The van der Waals surface area contributed by atoms with E-state index in [2.05, 4.69) is 49.8 Å². The number of carboxylic acids is 5. The van der Waals surface area contributed by atoms with Crippen LogP contribution in [0.3, 0.4) is 0 Å². The van der Waals surface area contributed by atoms with Crippen LogP contribution in [0.25, 0.3) is 0 Å². The highest BCUT2D eigenvalue weighted by Crippen LogP contribution is 2.30. The molecule has 0 fully saturated rings. The lowest BCUT2D eigenvalue weighted by Crippen LogP contribution is -2.58. The second-order valence-electron chi connectivity index (χ2n) is 19.3. The predicted octanol–water partition coefficient (Wildman–Crippen LogP) is -0.715. The maximum absolute atomic E-state index is 14.2. The van der Waals surface area contributed by atoms with Gasteiger partial charge in [-0.05, 0) is 56.1 Å². The van der Waals surface area contributed by atoms with Crippen LogP contribution in [0.5, 0.6) is 0 Å². The van der Waals surface area contributed by atoms with Crippen LogP contribution in [0.15, 0.2) is 60.7 Å². The third-order valence-corrected chi connectivity index (χ3v) is 11.9. The number of rotatable bonds is 34. The fourth-order valence-corrected chi connectivity index (χ4v) is 7.52. The van der Waals surface area contributed by atoms with Crippen LogP contribution in [-0.2, 0) is 65.6 Å². The van der Waals surface area contributed by atoms with Crippen molar-refractivity contribution in [1.82, 2.24) is 42.5 Å². The highest BCUT2D eigenvalue weighted by atomic mass is 32.1. The van der Waals surface area contributed by atoms with Gasteiger partial charge in [-0.15, -0.1) is 0 Å². The lowest BCUT2D eigenvalue weighted by atomic mass is 9.80. The Hall–Kier alpha value is -7.81. The first-order valence-electron chi connectivity index (χ1n) is 23.9. The van der Waals surface area contributed by atoms with Crippen molar-refractivity contribution in [2.75, 3.05) is 12.3 Å². The van der Waals surface area contributed by atoms with Gasteiger partial charge in [0.05, 0.1) is 6.42 Å². The summed E-state index contributed by atoms with van der Waals surface area (Å²) in [7, 11) is 0. The molecule has 2 aromatic carbocycles. The molecule has 0 aliphatic rings. The molecule has 0 spiro atoms. The molecule has 0 aliphatic heterocycles. The van der Waals surface area contributed by atoms with Crippen molar-refractivity contribution in [3.8, 4) is 0 Å². The topological polar surface area (TPSA) is 428 Å². The Morgan fingerprint density at radius 3 is 1.46 bits per heavy atom. The van der Waals surface area contributed by atoms with Crippen LogP contribution in [0.2, 0.25) is 0 Å². The van der Waals surface area contributed by atoms with Crippen LogP contribution in [0.4, 0.5) is 4.79 Å². The molecule has 0 unspecified atom stereocenters. The first-order chi connectivity index (χ1) is 35.5. The molecule has 26 nitrogen and oxygen atoms in total. The van der Waals surface area contributed by atoms with Gasteiger partial charge in [0.25, 0.3) is 0 Å². The number of carbonyl (C=O) groups excluding carboxylic acids is 7. The van der Waals surface area contributed by atoms with E-state index in [1.54, 1.807) is 88.4 Å². The van der Waals surface area contributed by atoms with Crippen LogP contribution in [0.1, 0.15) is 90.2 Å². The summed E-state index contributed by atoms with van der Waals surface area (Å²) in [5, 5.41) is 65.6. The molecule has 418 valence electrons. The number of aliphatic carboxylic acids is 5. The Morgan fingerprint density at radius 1 is 0.526 bits per heavy atom. The van der Waals surface area contributed by atoms with Gasteiger partial charge < -0.3 is 73.8 Å². The van der Waals surface area contributed by atoms with Gasteiger partial charge in [0, 0.05) is 49.9 Å². The van der Waals surface area contributed by atoms with Crippen LogP contribution < -0.4 is 48.3 Å². The fraction of sp³-hybridized carbons (Fsp3) is 0.510. The van der Waals surface area contributed by atoms with Crippen molar-refractivity contribution in [3.63, 3.8) is 0 Å². The SMILES string of the molecule is CC(C)(CCC(C)(C)NC(=O)CC[C@H](NC(=O)N[C@@H](CCC(=O)O)C(=O)O)C(=O)O)CC(=O)N[C@@H](Cc1ccccc1)C(=O)N[C@@H](Cc1ccccc1)C(=O)NC[C@H](N)C(=O)N[C@@H](CC(=O)O)C(=O)N[C@@H](CS)C(=O)O. The zero-order valence-corrected chi connectivity index (χ0v) is 43.4. The van der Waals surface area contributed by atoms with E-state index in [1.165, 1.54) is 0 Å². The van der Waals surface area contributed by atoms with E-state index in [1.807, 2.05) is 5.32 Å². The van der Waals surface area contributed by atoms with Gasteiger partial charge >= 0.3 is 35.9 Å². The third kappa shape index (κ3) is 24.9. The summed E-state index contributed by atoms with van der Waals surface area (Å²) >= 11 is 3.85. The average molecular weight is 1090 g/mol. The maximum atomic E-state index is 14.2. The van der Waals surface area contributed by atoms with Crippen molar-refractivity contribution < 1.29 is 83.1 Å². The highest BCUT2D eigenvalue weighted by Gasteiger charge is 2.34. The van der Waals surface area contributed by atoms with E-state index >= 15 is 0 Å². The molecule has 0 aromatic heterocycles. The molecule has 2 aromatic rings. The molecular weight excluding hydrogens is 1020 g/mol. The Morgan fingerprint density at radius 2 is 0.987 bits per heavy atom. The molecule has 27 heteroatoms. The number of carboxylic acid groups (broad SMARTS) is 5. The normalized spacial score (nSPS) is 14.0. The monoisotopic (exact) mass is 1090 g/mol. The minimum absolute atomic E-state index is 0.00646. The number of urea groups is 1. The molecular formula is C49H69N9O17S. The summed E-state index contributed by atoms with van der Waals surface area (Å²) in [6.45, 7) is 6.44. The molecule has 2 rings (SSSR count). The average Bonchev–Trinajstić information content (AvgIpc) is 3.33. The zero-order valence-electron chi connectivity index (χ0n) is 42.5. The van der Waals surface area contributed by atoms with Gasteiger partial charge in [-0.25, -0.2) is 19.2 Å². The number of hydrogen-bond acceptors (Lipinski definition) is 14. The summed E-state index contributed by atoms with van der Waals surface area (Å²) in [6.07, 6.45) is -2.25. The molecule has 15 N–H and O–H groups in total. The predicted molar refractivity (Wildman–Crippen MR) is 273 cm³/mol. The molecule has 76 heavy (non-hydrogen) atoms. The summed E-state index contributed by atoms with van der Waals surface area (Å²) in [5.74, 6) is -12.5. The summed E-state index contributed by atoms with van der Waals surface area (Å²) in [6, 6.07) is 5.49. The molecule has 0 saturated carbocycles. The summed E-state index contributed by atoms with van der Waals surface area (Å²) in [4.78, 5) is 150. The van der Waals surface area contributed by atoms with Crippen LogP contribution in [0, 0.1) is 5.41 Å². The molecule has 0 heterocycles. The van der Waals surface area contributed by atoms with Gasteiger partial charge in [-0.3, -0.25) is 38.4 Å². The van der Waals surface area contributed by atoms with Gasteiger partial charge in [0.1, 0.15) is 42.3 Å². The Balaban J connectivity index is 2.16. The summed E-state index contributed by atoms with van der Waals surface area (Å²) in [5.41, 5.74) is 5.67. The van der Waals surface area contributed by atoms with Gasteiger partial charge in [0.2, 0.25) is 35.4 Å².